The molecule has 0 radical (unpaired) electrons. The van der Waals surface area contributed by atoms with E-state index in [4.69, 9.17) is 4.74 Å². The second-order valence-electron chi connectivity index (χ2n) is 4.94. The van der Waals surface area contributed by atoms with Crippen LogP contribution in [0, 0.1) is 5.41 Å². The number of methoxy groups -OCH3 is 1. The lowest BCUT2D eigenvalue weighted by molar-refractivity contribution is -0.145. The van der Waals surface area contributed by atoms with Crippen molar-refractivity contribution in [3.63, 3.8) is 0 Å². The third kappa shape index (κ3) is 3.91. The second kappa shape index (κ2) is 6.31. The highest BCUT2D eigenvalue weighted by Crippen LogP contribution is 2.31. The average molecular weight is 283 g/mol. The molecule has 0 aromatic rings. The fourth-order valence-corrected chi connectivity index (χ4v) is 1.74. The summed E-state index contributed by atoms with van der Waals surface area (Å²) < 4.78 is 9.09. The maximum atomic E-state index is 11.9. The van der Waals surface area contributed by atoms with E-state index in [1.807, 2.05) is 0 Å². The van der Waals surface area contributed by atoms with Gasteiger partial charge in [0.1, 0.15) is 6.61 Å². The molecule has 0 aromatic carbocycles. The lowest BCUT2D eigenvalue weighted by atomic mass is 9.92. The summed E-state index contributed by atoms with van der Waals surface area (Å²) in [4.78, 5) is 46.5. The number of hydrogen-bond donors (Lipinski definition) is 0. The van der Waals surface area contributed by atoms with Crippen molar-refractivity contribution in [3.05, 3.63) is 12.2 Å². The molecular formula is C13H17NO6. The van der Waals surface area contributed by atoms with Crippen LogP contribution >= 0.6 is 0 Å². The van der Waals surface area contributed by atoms with Gasteiger partial charge in [0.25, 0.3) is 0 Å². The van der Waals surface area contributed by atoms with E-state index < -0.39 is 17.4 Å². The molecule has 0 spiro atoms. The molecule has 1 aliphatic heterocycles. The number of ether oxygens (including phenoxy) is 2. The van der Waals surface area contributed by atoms with Crippen LogP contribution in [0.3, 0.4) is 0 Å². The van der Waals surface area contributed by atoms with Crippen LogP contribution in [0.15, 0.2) is 12.2 Å². The van der Waals surface area contributed by atoms with Crippen LogP contribution in [0.2, 0.25) is 0 Å². The van der Waals surface area contributed by atoms with Crippen LogP contribution in [0.4, 0.5) is 0 Å². The van der Waals surface area contributed by atoms with E-state index >= 15 is 0 Å². The quantitative estimate of drug-likeness (QED) is 0.402. The molecule has 0 atom stereocenters. The first kappa shape index (κ1) is 15.9. The van der Waals surface area contributed by atoms with Crippen LogP contribution in [0.5, 0.6) is 0 Å². The lowest BCUT2D eigenvalue weighted by Gasteiger charge is -2.17. The molecule has 110 valence electrons. The monoisotopic (exact) mass is 283 g/mol. The van der Waals surface area contributed by atoms with Crippen LogP contribution in [0.25, 0.3) is 0 Å². The van der Waals surface area contributed by atoms with E-state index in [0.29, 0.717) is 0 Å². The van der Waals surface area contributed by atoms with E-state index in [1.165, 1.54) is 7.11 Å². The lowest BCUT2D eigenvalue weighted by Crippen LogP contribution is -2.35. The molecular weight excluding hydrogens is 266 g/mol. The van der Waals surface area contributed by atoms with E-state index in [-0.39, 0.29) is 31.4 Å². The van der Waals surface area contributed by atoms with Crippen molar-refractivity contribution in [1.29, 1.82) is 0 Å². The molecule has 1 aliphatic rings. The highest BCUT2D eigenvalue weighted by atomic mass is 16.5. The Labute approximate surface area is 116 Å². The minimum absolute atomic E-state index is 0.0128. The summed E-state index contributed by atoms with van der Waals surface area (Å²) in [5.74, 6) is -1.97. The fourth-order valence-electron chi connectivity index (χ4n) is 1.74. The molecule has 0 aromatic heterocycles. The molecule has 1 heterocycles. The van der Waals surface area contributed by atoms with Gasteiger partial charge in [0.15, 0.2) is 0 Å². The van der Waals surface area contributed by atoms with Crippen molar-refractivity contribution in [2.24, 2.45) is 5.41 Å². The summed E-state index contributed by atoms with van der Waals surface area (Å²) in [5.41, 5.74) is -0.703. The number of likely N-dealkylation sites (tertiary alicyclic amines) is 1. The maximum absolute atomic E-state index is 11.9. The van der Waals surface area contributed by atoms with Gasteiger partial charge < -0.3 is 9.47 Å². The van der Waals surface area contributed by atoms with Gasteiger partial charge in [0.05, 0.1) is 19.1 Å². The Morgan fingerprint density at radius 1 is 1.25 bits per heavy atom. The third-order valence-electron chi connectivity index (χ3n) is 2.83. The van der Waals surface area contributed by atoms with Gasteiger partial charge in [-0.2, -0.15) is 0 Å². The summed E-state index contributed by atoms with van der Waals surface area (Å²) in [6.07, 6.45) is 2.00. The average Bonchev–Trinajstić information content (AvgIpc) is 2.57. The van der Waals surface area contributed by atoms with Crippen molar-refractivity contribution >= 4 is 23.8 Å². The Hall–Kier alpha value is -2.18. The van der Waals surface area contributed by atoms with Gasteiger partial charge in [-0.15, -0.1) is 0 Å². The van der Waals surface area contributed by atoms with Crippen LogP contribution in [0.1, 0.15) is 20.3 Å². The third-order valence-corrected chi connectivity index (χ3v) is 2.83. The van der Waals surface area contributed by atoms with E-state index in [0.717, 1.165) is 17.1 Å². The zero-order valence-electron chi connectivity index (χ0n) is 11.7. The summed E-state index contributed by atoms with van der Waals surface area (Å²) >= 11 is 0. The highest BCUT2D eigenvalue weighted by Gasteiger charge is 2.44. The Balaban J connectivity index is 2.40. The zero-order chi connectivity index (χ0) is 15.3. The first-order chi connectivity index (χ1) is 9.27. The van der Waals surface area contributed by atoms with Gasteiger partial charge >= 0.3 is 11.9 Å². The van der Waals surface area contributed by atoms with Gasteiger partial charge in [0, 0.05) is 18.6 Å². The predicted molar refractivity (Wildman–Crippen MR) is 67.2 cm³/mol. The van der Waals surface area contributed by atoms with E-state index in [9.17, 15) is 19.2 Å². The number of amides is 2. The standard InChI is InChI=1S/C13H17NO6/c1-13(2)8-9(15)14(12(13)18)6-7-20-11(17)5-4-10(16)19-3/h4-5H,6-8H2,1-3H3. The van der Waals surface area contributed by atoms with Gasteiger partial charge in [0.2, 0.25) is 11.8 Å². The molecule has 7 heteroatoms. The molecule has 0 N–H and O–H groups in total. The molecule has 0 saturated carbocycles. The minimum Gasteiger partial charge on any atom is -0.466 e. The number of esters is 2. The number of carbonyl (C=O) groups excluding carboxylic acids is 4. The molecule has 0 unspecified atom stereocenters. The Morgan fingerprint density at radius 2 is 1.85 bits per heavy atom. The van der Waals surface area contributed by atoms with Crippen molar-refractivity contribution in [2.45, 2.75) is 20.3 Å². The summed E-state index contributed by atoms with van der Waals surface area (Å²) in [5, 5.41) is 0. The number of hydrogen-bond acceptors (Lipinski definition) is 6. The molecule has 20 heavy (non-hydrogen) atoms. The van der Waals surface area contributed by atoms with Gasteiger partial charge in [-0.25, -0.2) is 9.59 Å². The molecule has 1 saturated heterocycles. The first-order valence-corrected chi connectivity index (χ1v) is 6.05. The first-order valence-electron chi connectivity index (χ1n) is 6.05. The molecule has 1 fully saturated rings. The van der Waals surface area contributed by atoms with E-state index in [2.05, 4.69) is 4.74 Å². The van der Waals surface area contributed by atoms with Gasteiger partial charge in [-0.3, -0.25) is 14.5 Å². The Morgan fingerprint density at radius 3 is 2.35 bits per heavy atom. The van der Waals surface area contributed by atoms with Crippen molar-refractivity contribution in [1.82, 2.24) is 4.90 Å². The number of carbonyl (C=O) groups is 4. The molecule has 1 rings (SSSR count). The van der Waals surface area contributed by atoms with Crippen LogP contribution in [-0.2, 0) is 28.7 Å². The fraction of sp³-hybridized carbons (Fsp3) is 0.538. The predicted octanol–water partition coefficient (Wildman–Crippen LogP) is 0.0439. The number of imide groups is 1. The summed E-state index contributed by atoms with van der Waals surface area (Å²) in [7, 11) is 1.18. The smallest absolute Gasteiger partial charge is 0.331 e. The Bertz CT molecular complexity index is 465. The largest absolute Gasteiger partial charge is 0.466 e. The number of rotatable bonds is 5. The van der Waals surface area contributed by atoms with Gasteiger partial charge in [-0.05, 0) is 0 Å². The van der Waals surface area contributed by atoms with Crippen molar-refractivity contribution in [3.8, 4) is 0 Å². The minimum atomic E-state index is -0.742. The number of nitrogens with zero attached hydrogens (tertiary/aromatic N) is 1. The molecule has 7 nitrogen and oxygen atoms in total. The normalized spacial score (nSPS) is 17.6. The highest BCUT2D eigenvalue weighted by molar-refractivity contribution is 6.05. The molecule has 0 bridgehead atoms. The van der Waals surface area contributed by atoms with Crippen molar-refractivity contribution < 1.29 is 28.7 Å². The van der Waals surface area contributed by atoms with Crippen LogP contribution < -0.4 is 0 Å². The summed E-state index contributed by atoms with van der Waals surface area (Å²) in [6.45, 7) is 3.29. The van der Waals surface area contributed by atoms with Crippen molar-refractivity contribution in [2.75, 3.05) is 20.3 Å². The molecule has 2 amide bonds. The maximum Gasteiger partial charge on any atom is 0.331 e. The summed E-state index contributed by atoms with van der Waals surface area (Å²) in [6, 6.07) is 0. The van der Waals surface area contributed by atoms with Crippen LogP contribution in [-0.4, -0.2) is 48.9 Å². The van der Waals surface area contributed by atoms with Gasteiger partial charge in [-0.1, -0.05) is 13.8 Å². The SMILES string of the molecule is COC(=O)C=CC(=O)OCCN1C(=O)CC(C)(C)C1=O. The second-order valence-corrected chi connectivity index (χ2v) is 4.94. The topological polar surface area (TPSA) is 90.0 Å². The molecule has 0 aliphatic carbocycles. The zero-order valence-corrected chi connectivity index (χ0v) is 11.7. The van der Waals surface area contributed by atoms with E-state index in [1.54, 1.807) is 13.8 Å². The Kier molecular flexibility index (Phi) is 5.01.